The fraction of sp³-hybridized carbons (Fsp3) is 0.450. The van der Waals surface area contributed by atoms with Crippen LogP contribution in [-0.4, -0.2) is 33.9 Å². The van der Waals surface area contributed by atoms with Crippen molar-refractivity contribution in [3.05, 3.63) is 60.2 Å². The Balaban J connectivity index is 1.47. The van der Waals surface area contributed by atoms with E-state index in [1.165, 1.54) is 25.0 Å². The summed E-state index contributed by atoms with van der Waals surface area (Å²) in [5.74, 6) is 2.07. The minimum Gasteiger partial charge on any atom is -0.338 e. The second kappa shape index (κ2) is 6.71. The van der Waals surface area contributed by atoms with Gasteiger partial charge in [0.25, 0.3) is 5.91 Å². The fourth-order valence-corrected chi connectivity index (χ4v) is 4.48. The first-order valence-electron chi connectivity index (χ1n) is 8.90. The van der Waals surface area contributed by atoms with Crippen molar-refractivity contribution in [2.45, 2.75) is 25.7 Å². The van der Waals surface area contributed by atoms with E-state index in [0.29, 0.717) is 17.8 Å². The lowest BCUT2D eigenvalue weighted by atomic mass is 9.72. The number of rotatable bonds is 3. The molecule has 3 heterocycles. The molecule has 0 radical (unpaired) electrons. The lowest BCUT2D eigenvalue weighted by Crippen LogP contribution is -2.30. The third-order valence-electron chi connectivity index (χ3n) is 5.66. The van der Waals surface area contributed by atoms with Crippen molar-refractivity contribution in [1.82, 2.24) is 14.9 Å². The molecule has 4 nitrogen and oxygen atoms in total. The summed E-state index contributed by atoms with van der Waals surface area (Å²) in [5.41, 5.74) is 1.94. The maximum absolute atomic E-state index is 12.7. The van der Waals surface area contributed by atoms with E-state index < -0.39 is 0 Å². The predicted octanol–water partition coefficient (Wildman–Crippen LogP) is 3.21. The Morgan fingerprint density at radius 3 is 2.75 bits per heavy atom. The van der Waals surface area contributed by atoms with Gasteiger partial charge in [-0.15, -0.1) is 0 Å². The molecule has 3 atom stereocenters. The third-order valence-corrected chi connectivity index (χ3v) is 5.66. The number of carbonyl (C=O) groups is 1. The topological polar surface area (TPSA) is 46.1 Å². The Kier molecular flexibility index (Phi) is 4.28. The summed E-state index contributed by atoms with van der Waals surface area (Å²) >= 11 is 0. The average molecular weight is 321 g/mol. The van der Waals surface area contributed by atoms with Gasteiger partial charge in [-0.25, -0.2) is 0 Å². The number of hydrogen-bond acceptors (Lipinski definition) is 3. The first-order chi connectivity index (χ1) is 11.8. The van der Waals surface area contributed by atoms with Crippen LogP contribution in [0.5, 0.6) is 0 Å². The Morgan fingerprint density at radius 2 is 1.96 bits per heavy atom. The molecule has 0 bridgehead atoms. The van der Waals surface area contributed by atoms with E-state index in [4.69, 9.17) is 0 Å². The minimum absolute atomic E-state index is 0.156. The van der Waals surface area contributed by atoms with Crippen LogP contribution >= 0.6 is 0 Å². The van der Waals surface area contributed by atoms with Gasteiger partial charge in [-0.2, -0.15) is 0 Å². The lowest BCUT2D eigenvalue weighted by Gasteiger charge is -2.32. The number of pyridine rings is 2. The molecule has 2 aliphatic rings. The molecule has 0 N–H and O–H groups in total. The number of aromatic nitrogens is 2. The molecule has 2 aromatic heterocycles. The molecule has 124 valence electrons. The molecule has 0 spiro atoms. The largest absolute Gasteiger partial charge is 0.338 e. The maximum atomic E-state index is 12.7. The lowest BCUT2D eigenvalue weighted by molar-refractivity contribution is 0.0781. The molecule has 0 aromatic carbocycles. The molecule has 24 heavy (non-hydrogen) atoms. The molecule has 1 amide bonds. The van der Waals surface area contributed by atoms with E-state index in [-0.39, 0.29) is 5.91 Å². The van der Waals surface area contributed by atoms with Crippen LogP contribution in [0.3, 0.4) is 0 Å². The normalized spacial score (nSPS) is 26.2. The number of amides is 1. The van der Waals surface area contributed by atoms with Crippen LogP contribution in [0.4, 0.5) is 0 Å². The van der Waals surface area contributed by atoms with Crippen LogP contribution in [0.2, 0.25) is 0 Å². The number of likely N-dealkylation sites (tertiary alicyclic amines) is 1. The van der Waals surface area contributed by atoms with Gasteiger partial charge in [-0.3, -0.25) is 14.8 Å². The summed E-state index contributed by atoms with van der Waals surface area (Å²) < 4.78 is 0. The van der Waals surface area contributed by atoms with Gasteiger partial charge in [0.1, 0.15) is 0 Å². The molecule has 1 aliphatic carbocycles. The summed E-state index contributed by atoms with van der Waals surface area (Å²) in [6.45, 7) is 1.80. The number of hydrogen-bond donors (Lipinski definition) is 0. The quantitative estimate of drug-likeness (QED) is 0.872. The molecular formula is C20H23N3O. The highest BCUT2D eigenvalue weighted by molar-refractivity contribution is 5.94. The van der Waals surface area contributed by atoms with Crippen LogP contribution in [-0.2, 0) is 6.42 Å². The minimum atomic E-state index is 0.156. The Bertz CT molecular complexity index is 689. The first kappa shape index (κ1) is 15.3. The van der Waals surface area contributed by atoms with Gasteiger partial charge < -0.3 is 4.90 Å². The predicted molar refractivity (Wildman–Crippen MR) is 92.4 cm³/mol. The van der Waals surface area contributed by atoms with Crippen LogP contribution < -0.4 is 0 Å². The van der Waals surface area contributed by atoms with Crippen LogP contribution in [0.1, 0.15) is 35.3 Å². The van der Waals surface area contributed by atoms with Crippen molar-refractivity contribution >= 4 is 5.91 Å². The van der Waals surface area contributed by atoms with Gasteiger partial charge in [0.05, 0.1) is 0 Å². The molecule has 0 unspecified atom stereocenters. The molecule has 1 aliphatic heterocycles. The smallest absolute Gasteiger partial charge is 0.253 e. The van der Waals surface area contributed by atoms with E-state index in [9.17, 15) is 4.79 Å². The zero-order valence-electron chi connectivity index (χ0n) is 13.8. The highest BCUT2D eigenvalue weighted by Gasteiger charge is 2.41. The van der Waals surface area contributed by atoms with E-state index >= 15 is 0 Å². The molecule has 2 fully saturated rings. The Morgan fingerprint density at radius 1 is 1.08 bits per heavy atom. The SMILES string of the molecule is O=C(c1ccncc1)N1C[C@H]2CCC[C@H](Cc3ccccn3)[C@H]2C1. The van der Waals surface area contributed by atoms with E-state index in [1.807, 2.05) is 24.4 Å². The maximum Gasteiger partial charge on any atom is 0.253 e. The summed E-state index contributed by atoms with van der Waals surface area (Å²) in [4.78, 5) is 23.3. The van der Waals surface area contributed by atoms with Crippen molar-refractivity contribution in [2.24, 2.45) is 17.8 Å². The summed E-state index contributed by atoms with van der Waals surface area (Å²) in [5, 5.41) is 0. The van der Waals surface area contributed by atoms with Crippen LogP contribution in [0, 0.1) is 17.8 Å². The van der Waals surface area contributed by atoms with Gasteiger partial charge >= 0.3 is 0 Å². The standard InChI is InChI=1S/C20H23N3O/c24-20(15-7-10-21-11-8-15)23-13-17-5-3-4-16(19(17)14-23)12-18-6-1-2-9-22-18/h1-2,6-11,16-17,19H,3-5,12-14H2/t16-,17-,19-/m1/s1. The van der Waals surface area contributed by atoms with Crippen molar-refractivity contribution in [3.63, 3.8) is 0 Å². The highest BCUT2D eigenvalue weighted by Crippen LogP contribution is 2.41. The van der Waals surface area contributed by atoms with Gasteiger partial charge in [-0.05, 0) is 61.3 Å². The summed E-state index contributed by atoms with van der Waals surface area (Å²) in [6.07, 6.45) is 10.1. The molecule has 1 saturated heterocycles. The molecule has 4 rings (SSSR count). The second-order valence-corrected chi connectivity index (χ2v) is 7.09. The van der Waals surface area contributed by atoms with Gasteiger partial charge in [0, 0.05) is 42.9 Å². The number of carbonyl (C=O) groups excluding carboxylic acids is 1. The first-order valence-corrected chi connectivity index (χ1v) is 8.90. The number of nitrogens with zero attached hydrogens (tertiary/aromatic N) is 3. The van der Waals surface area contributed by atoms with E-state index in [0.717, 1.165) is 25.1 Å². The zero-order valence-corrected chi connectivity index (χ0v) is 13.8. The van der Waals surface area contributed by atoms with Crippen molar-refractivity contribution in [3.8, 4) is 0 Å². The van der Waals surface area contributed by atoms with Crippen LogP contribution in [0.15, 0.2) is 48.9 Å². The van der Waals surface area contributed by atoms with Gasteiger partial charge in [-0.1, -0.05) is 12.5 Å². The van der Waals surface area contributed by atoms with Gasteiger partial charge in [0.2, 0.25) is 0 Å². The monoisotopic (exact) mass is 321 g/mol. The molecule has 1 saturated carbocycles. The van der Waals surface area contributed by atoms with Crippen molar-refractivity contribution in [1.29, 1.82) is 0 Å². The Hall–Kier alpha value is -2.23. The Labute approximate surface area is 142 Å². The van der Waals surface area contributed by atoms with E-state index in [2.05, 4.69) is 27.0 Å². The van der Waals surface area contributed by atoms with Crippen molar-refractivity contribution in [2.75, 3.05) is 13.1 Å². The molecule has 2 aromatic rings. The second-order valence-electron chi connectivity index (χ2n) is 7.09. The zero-order chi connectivity index (χ0) is 16.4. The summed E-state index contributed by atoms with van der Waals surface area (Å²) in [6, 6.07) is 9.79. The third kappa shape index (κ3) is 3.05. The molecule has 4 heteroatoms. The van der Waals surface area contributed by atoms with Crippen LogP contribution in [0.25, 0.3) is 0 Å². The highest BCUT2D eigenvalue weighted by atomic mass is 16.2. The fourth-order valence-electron chi connectivity index (χ4n) is 4.48. The molecular weight excluding hydrogens is 298 g/mol. The average Bonchev–Trinajstić information content (AvgIpc) is 3.08. The van der Waals surface area contributed by atoms with Gasteiger partial charge in [0.15, 0.2) is 0 Å². The summed E-state index contributed by atoms with van der Waals surface area (Å²) in [7, 11) is 0. The van der Waals surface area contributed by atoms with Crippen molar-refractivity contribution < 1.29 is 4.79 Å². The number of fused-ring (bicyclic) bond motifs is 1. The van der Waals surface area contributed by atoms with E-state index in [1.54, 1.807) is 12.4 Å².